The number of carbonyl (C=O) groups is 1. The zero-order valence-electron chi connectivity index (χ0n) is 20.0. The summed E-state index contributed by atoms with van der Waals surface area (Å²) >= 11 is 1.40. The number of guanidine groups is 1. The molecule has 1 amide bonds. The Kier molecular flexibility index (Phi) is 6.52. The maximum atomic E-state index is 13.2. The van der Waals surface area contributed by atoms with Gasteiger partial charge in [0.25, 0.3) is 5.91 Å². The summed E-state index contributed by atoms with van der Waals surface area (Å²) in [5.74, 6) is 0.406. The molecule has 1 aliphatic rings. The van der Waals surface area contributed by atoms with Crippen molar-refractivity contribution in [2.24, 2.45) is 4.99 Å². The van der Waals surface area contributed by atoms with E-state index in [1.54, 1.807) is 6.20 Å². The molecule has 0 spiro atoms. The number of nitrogens with one attached hydrogen (secondary N) is 2. The van der Waals surface area contributed by atoms with Gasteiger partial charge in [0.1, 0.15) is 4.88 Å². The molecule has 4 aromatic rings. The highest BCUT2D eigenvalue weighted by atomic mass is 32.1. The molecule has 180 valence electrons. The number of fused-ring (bicyclic) bond motifs is 2. The van der Waals surface area contributed by atoms with Crippen LogP contribution < -0.4 is 15.5 Å². The SMILES string of the molecule is CN(C)/C(=N/C#N)N1CCc2ccc(NC(=O)c3sccc3NCc3ccnc4ccccc34)cc21. The van der Waals surface area contributed by atoms with Crippen LogP contribution in [-0.2, 0) is 13.0 Å². The Bertz CT molecular complexity index is 1500. The topological polar surface area (TPSA) is 96.7 Å². The lowest BCUT2D eigenvalue weighted by atomic mass is 10.1. The fourth-order valence-electron chi connectivity index (χ4n) is 4.42. The van der Waals surface area contributed by atoms with E-state index in [2.05, 4.69) is 26.7 Å². The second-order valence-electron chi connectivity index (χ2n) is 8.61. The first-order chi connectivity index (χ1) is 17.5. The van der Waals surface area contributed by atoms with Crippen LogP contribution in [0.5, 0.6) is 0 Å². The third-order valence-electron chi connectivity index (χ3n) is 6.11. The summed E-state index contributed by atoms with van der Waals surface area (Å²) in [6, 6.07) is 17.8. The maximum absolute atomic E-state index is 13.2. The predicted molar refractivity (Wildman–Crippen MR) is 146 cm³/mol. The highest BCUT2D eigenvalue weighted by molar-refractivity contribution is 7.12. The van der Waals surface area contributed by atoms with Gasteiger partial charge in [0.2, 0.25) is 12.2 Å². The molecule has 0 fully saturated rings. The molecule has 9 heteroatoms. The van der Waals surface area contributed by atoms with Crippen LogP contribution in [0.25, 0.3) is 10.9 Å². The van der Waals surface area contributed by atoms with Crippen molar-refractivity contribution >= 4 is 51.2 Å². The highest BCUT2D eigenvalue weighted by Gasteiger charge is 2.25. The van der Waals surface area contributed by atoms with Crippen LogP contribution in [0.3, 0.4) is 0 Å². The van der Waals surface area contributed by atoms with Crippen molar-refractivity contribution in [1.29, 1.82) is 5.26 Å². The Morgan fingerprint density at radius 3 is 2.92 bits per heavy atom. The van der Waals surface area contributed by atoms with Gasteiger partial charge in [-0.05, 0) is 53.3 Å². The van der Waals surface area contributed by atoms with E-state index >= 15 is 0 Å². The molecule has 36 heavy (non-hydrogen) atoms. The number of nitriles is 1. The first-order valence-electron chi connectivity index (χ1n) is 11.5. The van der Waals surface area contributed by atoms with Crippen LogP contribution in [0.2, 0.25) is 0 Å². The number of carbonyl (C=O) groups excluding carboxylic acids is 1. The van der Waals surface area contributed by atoms with Crippen LogP contribution in [0.1, 0.15) is 20.8 Å². The highest BCUT2D eigenvalue weighted by Crippen LogP contribution is 2.32. The Balaban J connectivity index is 1.33. The monoisotopic (exact) mass is 495 g/mol. The number of amides is 1. The van der Waals surface area contributed by atoms with Crippen molar-refractivity contribution in [3.63, 3.8) is 0 Å². The lowest BCUT2D eigenvalue weighted by molar-refractivity contribution is 0.103. The Morgan fingerprint density at radius 1 is 1.22 bits per heavy atom. The fourth-order valence-corrected chi connectivity index (χ4v) is 5.19. The van der Waals surface area contributed by atoms with Gasteiger partial charge in [-0.1, -0.05) is 24.3 Å². The summed E-state index contributed by atoms with van der Waals surface area (Å²) in [5, 5.41) is 18.6. The van der Waals surface area contributed by atoms with Gasteiger partial charge in [0.05, 0.1) is 11.2 Å². The van der Waals surface area contributed by atoms with Gasteiger partial charge in [-0.3, -0.25) is 9.78 Å². The van der Waals surface area contributed by atoms with Gasteiger partial charge in [0.15, 0.2) is 0 Å². The smallest absolute Gasteiger partial charge is 0.267 e. The summed E-state index contributed by atoms with van der Waals surface area (Å²) in [4.78, 5) is 26.1. The average Bonchev–Trinajstić information content (AvgIpc) is 3.53. The van der Waals surface area contributed by atoms with Crippen LogP contribution in [-0.4, -0.2) is 42.4 Å². The predicted octanol–water partition coefficient (Wildman–Crippen LogP) is 4.92. The molecule has 0 saturated carbocycles. The molecule has 1 aliphatic heterocycles. The Hall–Kier alpha value is -4.42. The van der Waals surface area contributed by atoms with Crippen molar-refractivity contribution in [2.75, 3.05) is 36.2 Å². The molecule has 0 unspecified atom stereocenters. The third-order valence-corrected chi connectivity index (χ3v) is 7.02. The van der Waals surface area contributed by atoms with Gasteiger partial charge >= 0.3 is 0 Å². The van der Waals surface area contributed by atoms with E-state index in [-0.39, 0.29) is 5.91 Å². The number of aliphatic imine (C=N–C) groups is 1. The standard InChI is InChI=1S/C27H25N7OS/c1-33(2)27(31-17-28)34-13-10-18-7-8-20(15-24(18)34)32-26(35)25-23(11-14-36-25)30-16-19-9-12-29-22-6-4-3-5-21(19)22/h3-9,11-12,14-15,30H,10,13,16H2,1-2H3,(H,32,35)/b31-27-. The summed E-state index contributed by atoms with van der Waals surface area (Å²) in [6.07, 6.45) is 4.55. The molecule has 0 saturated heterocycles. The molecule has 8 nitrogen and oxygen atoms in total. The van der Waals surface area contributed by atoms with E-state index in [1.807, 2.05) is 84.0 Å². The van der Waals surface area contributed by atoms with E-state index in [0.29, 0.717) is 23.1 Å². The van der Waals surface area contributed by atoms with Crippen molar-refractivity contribution < 1.29 is 4.79 Å². The van der Waals surface area contributed by atoms with Crippen LogP contribution in [0.15, 0.2) is 71.2 Å². The van der Waals surface area contributed by atoms with Gasteiger partial charge < -0.3 is 20.4 Å². The van der Waals surface area contributed by atoms with E-state index in [4.69, 9.17) is 5.26 Å². The van der Waals surface area contributed by atoms with Crippen LogP contribution in [0.4, 0.5) is 17.1 Å². The van der Waals surface area contributed by atoms with Gasteiger partial charge in [-0.2, -0.15) is 5.26 Å². The van der Waals surface area contributed by atoms with Gasteiger partial charge in [-0.25, -0.2) is 0 Å². The number of hydrogen-bond acceptors (Lipinski definition) is 6. The minimum Gasteiger partial charge on any atom is -0.380 e. The minimum atomic E-state index is -0.171. The summed E-state index contributed by atoms with van der Waals surface area (Å²) in [5.41, 5.74) is 5.65. The number of anilines is 3. The number of rotatable bonds is 5. The number of nitrogens with zero attached hydrogens (tertiary/aromatic N) is 5. The van der Waals surface area contributed by atoms with E-state index in [0.717, 1.165) is 46.4 Å². The molecule has 0 radical (unpaired) electrons. The third kappa shape index (κ3) is 4.59. The van der Waals surface area contributed by atoms with Crippen LogP contribution >= 0.6 is 11.3 Å². The number of thiophene rings is 1. The number of hydrogen-bond donors (Lipinski definition) is 2. The molecule has 5 rings (SSSR count). The van der Waals surface area contributed by atoms with Crippen molar-refractivity contribution in [3.05, 3.63) is 82.2 Å². The molecule has 0 atom stereocenters. The maximum Gasteiger partial charge on any atom is 0.267 e. The first kappa shape index (κ1) is 23.3. The quantitative estimate of drug-likeness (QED) is 0.232. The number of pyridine rings is 1. The number of benzene rings is 2. The summed E-state index contributed by atoms with van der Waals surface area (Å²) in [7, 11) is 3.72. The molecule has 0 aliphatic carbocycles. The molecule has 2 aromatic carbocycles. The number of para-hydroxylation sites is 1. The van der Waals surface area contributed by atoms with E-state index in [9.17, 15) is 4.79 Å². The normalized spacial score (nSPS) is 12.8. The summed E-state index contributed by atoms with van der Waals surface area (Å²) < 4.78 is 0. The zero-order valence-corrected chi connectivity index (χ0v) is 20.8. The minimum absolute atomic E-state index is 0.171. The molecule has 2 aromatic heterocycles. The van der Waals surface area contributed by atoms with E-state index < -0.39 is 0 Å². The molecule has 0 bridgehead atoms. The molecular weight excluding hydrogens is 470 g/mol. The van der Waals surface area contributed by atoms with Crippen LogP contribution in [0, 0.1) is 11.5 Å². The zero-order chi connectivity index (χ0) is 25.1. The lowest BCUT2D eigenvalue weighted by Gasteiger charge is -2.26. The number of aromatic nitrogens is 1. The lowest BCUT2D eigenvalue weighted by Crippen LogP contribution is -2.39. The Labute approximate surface area is 213 Å². The van der Waals surface area contributed by atoms with Crippen molar-refractivity contribution in [3.8, 4) is 6.19 Å². The molecule has 2 N–H and O–H groups in total. The van der Waals surface area contributed by atoms with Crippen molar-refractivity contribution in [1.82, 2.24) is 9.88 Å². The second-order valence-corrected chi connectivity index (χ2v) is 9.53. The van der Waals surface area contributed by atoms with Crippen molar-refractivity contribution in [2.45, 2.75) is 13.0 Å². The molecule has 3 heterocycles. The largest absolute Gasteiger partial charge is 0.380 e. The van der Waals surface area contributed by atoms with Gasteiger partial charge in [0, 0.05) is 50.1 Å². The second kappa shape index (κ2) is 10.1. The Morgan fingerprint density at radius 2 is 2.08 bits per heavy atom. The average molecular weight is 496 g/mol. The van der Waals surface area contributed by atoms with E-state index in [1.165, 1.54) is 11.3 Å². The molecular formula is C27H25N7OS. The fraction of sp³-hybridized carbons (Fsp3) is 0.185. The first-order valence-corrected chi connectivity index (χ1v) is 12.4. The summed E-state index contributed by atoms with van der Waals surface area (Å²) in [6.45, 7) is 1.31. The van der Waals surface area contributed by atoms with Gasteiger partial charge in [-0.15, -0.1) is 16.3 Å².